The minimum Gasteiger partial charge on any atom is -0.465 e. The molecule has 0 N–H and O–H groups in total. The van der Waals surface area contributed by atoms with Crippen LogP contribution in [-0.4, -0.2) is 24.5 Å². The predicted octanol–water partition coefficient (Wildman–Crippen LogP) is 3.79. The van der Waals surface area contributed by atoms with Crippen LogP contribution in [0.4, 0.5) is 0 Å². The number of esters is 1. The Morgan fingerprint density at radius 2 is 1.95 bits per heavy atom. The Balaban J connectivity index is 2.09. The van der Waals surface area contributed by atoms with Gasteiger partial charge in [-0.2, -0.15) is 0 Å². The molecule has 0 amide bonds. The zero-order valence-corrected chi connectivity index (χ0v) is 13.5. The summed E-state index contributed by atoms with van der Waals surface area (Å²) in [5, 5.41) is 0. The third kappa shape index (κ3) is 4.21. The molecule has 1 aromatic carbocycles. The molecule has 0 saturated heterocycles. The highest BCUT2D eigenvalue weighted by Gasteiger charge is 2.17. The summed E-state index contributed by atoms with van der Waals surface area (Å²) in [6.45, 7) is 6.47. The molecule has 22 heavy (non-hydrogen) atoms. The molecular formula is C18H23NO3. The Labute approximate surface area is 131 Å². The molecule has 1 heterocycles. The van der Waals surface area contributed by atoms with E-state index in [4.69, 9.17) is 9.15 Å². The number of methoxy groups -OCH3 is 1. The maximum absolute atomic E-state index is 11.7. The van der Waals surface area contributed by atoms with E-state index in [-0.39, 0.29) is 5.97 Å². The van der Waals surface area contributed by atoms with Crippen molar-refractivity contribution in [3.8, 4) is 0 Å². The molecule has 0 saturated carbocycles. The minimum atomic E-state index is -0.349. The summed E-state index contributed by atoms with van der Waals surface area (Å²) in [5.41, 5.74) is 1.78. The van der Waals surface area contributed by atoms with Gasteiger partial charge < -0.3 is 9.15 Å². The van der Waals surface area contributed by atoms with Crippen LogP contribution in [0.3, 0.4) is 0 Å². The second-order valence-electron chi connectivity index (χ2n) is 5.37. The van der Waals surface area contributed by atoms with E-state index < -0.39 is 0 Å². The molecule has 0 fully saturated rings. The van der Waals surface area contributed by atoms with Gasteiger partial charge in [-0.3, -0.25) is 4.90 Å². The first-order valence-electron chi connectivity index (χ1n) is 7.58. The monoisotopic (exact) mass is 301 g/mol. The van der Waals surface area contributed by atoms with Crippen molar-refractivity contribution in [3.63, 3.8) is 0 Å². The molecule has 0 aliphatic heterocycles. The SMILES string of the molecule is CCCN(Cc1ccccc1)Cc1cc(C(=O)OC)c(C)o1. The van der Waals surface area contributed by atoms with Crippen molar-refractivity contribution in [1.29, 1.82) is 0 Å². The molecule has 118 valence electrons. The van der Waals surface area contributed by atoms with Gasteiger partial charge in [0.05, 0.1) is 13.7 Å². The van der Waals surface area contributed by atoms with E-state index >= 15 is 0 Å². The van der Waals surface area contributed by atoms with Crippen LogP contribution in [0, 0.1) is 6.92 Å². The fraction of sp³-hybridized carbons (Fsp3) is 0.389. The van der Waals surface area contributed by atoms with Gasteiger partial charge in [-0.05, 0) is 31.5 Å². The van der Waals surface area contributed by atoms with Crippen LogP contribution in [0.2, 0.25) is 0 Å². The molecule has 0 bridgehead atoms. The predicted molar refractivity (Wildman–Crippen MR) is 85.6 cm³/mol. The number of hydrogen-bond acceptors (Lipinski definition) is 4. The quantitative estimate of drug-likeness (QED) is 0.730. The molecule has 0 radical (unpaired) electrons. The smallest absolute Gasteiger partial charge is 0.341 e. The lowest BCUT2D eigenvalue weighted by atomic mass is 10.2. The van der Waals surface area contributed by atoms with Crippen molar-refractivity contribution >= 4 is 5.97 Å². The fourth-order valence-electron chi connectivity index (χ4n) is 2.53. The summed E-state index contributed by atoms with van der Waals surface area (Å²) in [4.78, 5) is 14.0. The second-order valence-corrected chi connectivity index (χ2v) is 5.37. The van der Waals surface area contributed by atoms with Gasteiger partial charge in [0.25, 0.3) is 0 Å². The Kier molecular flexibility index (Phi) is 5.78. The first kappa shape index (κ1) is 16.3. The second kappa shape index (κ2) is 7.80. The van der Waals surface area contributed by atoms with Gasteiger partial charge in [-0.15, -0.1) is 0 Å². The molecule has 0 aliphatic rings. The van der Waals surface area contributed by atoms with E-state index in [9.17, 15) is 4.79 Å². The van der Waals surface area contributed by atoms with Crippen molar-refractivity contribution < 1.29 is 13.9 Å². The molecule has 0 spiro atoms. The Bertz CT molecular complexity index is 604. The van der Waals surface area contributed by atoms with E-state index in [1.54, 1.807) is 13.0 Å². The molecule has 4 nitrogen and oxygen atoms in total. The summed E-state index contributed by atoms with van der Waals surface area (Å²) in [6.07, 6.45) is 1.07. The van der Waals surface area contributed by atoms with Gasteiger partial charge in [0.15, 0.2) is 0 Å². The van der Waals surface area contributed by atoms with Crippen LogP contribution in [0.15, 0.2) is 40.8 Å². The lowest BCUT2D eigenvalue weighted by Gasteiger charge is -2.20. The number of carbonyl (C=O) groups excluding carboxylic acids is 1. The maximum Gasteiger partial charge on any atom is 0.341 e. The molecule has 0 unspecified atom stereocenters. The van der Waals surface area contributed by atoms with Gasteiger partial charge in [0.2, 0.25) is 0 Å². The third-order valence-corrected chi connectivity index (χ3v) is 3.54. The van der Waals surface area contributed by atoms with Crippen LogP contribution >= 0.6 is 0 Å². The molecule has 1 aromatic heterocycles. The van der Waals surface area contributed by atoms with E-state index in [0.717, 1.165) is 25.3 Å². The van der Waals surface area contributed by atoms with Crippen molar-refractivity contribution in [2.45, 2.75) is 33.4 Å². The van der Waals surface area contributed by atoms with Crippen LogP contribution in [0.25, 0.3) is 0 Å². The topological polar surface area (TPSA) is 42.7 Å². The Morgan fingerprint density at radius 1 is 1.23 bits per heavy atom. The summed E-state index contributed by atoms with van der Waals surface area (Å²) in [5.74, 6) is 1.05. The van der Waals surface area contributed by atoms with Gasteiger partial charge in [-0.1, -0.05) is 37.3 Å². The highest BCUT2D eigenvalue weighted by Crippen LogP contribution is 2.18. The number of nitrogens with zero attached hydrogens (tertiary/aromatic N) is 1. The van der Waals surface area contributed by atoms with Crippen molar-refractivity contribution in [2.75, 3.05) is 13.7 Å². The van der Waals surface area contributed by atoms with E-state index in [0.29, 0.717) is 17.9 Å². The average molecular weight is 301 g/mol. The van der Waals surface area contributed by atoms with Gasteiger partial charge in [0, 0.05) is 6.54 Å². The summed E-state index contributed by atoms with van der Waals surface area (Å²) < 4.78 is 10.5. The molecule has 4 heteroatoms. The van der Waals surface area contributed by atoms with E-state index in [1.807, 2.05) is 18.2 Å². The summed E-state index contributed by atoms with van der Waals surface area (Å²) >= 11 is 0. The van der Waals surface area contributed by atoms with Crippen molar-refractivity contribution in [2.24, 2.45) is 0 Å². The summed E-state index contributed by atoms with van der Waals surface area (Å²) in [7, 11) is 1.38. The summed E-state index contributed by atoms with van der Waals surface area (Å²) in [6, 6.07) is 12.1. The number of carbonyl (C=O) groups is 1. The zero-order chi connectivity index (χ0) is 15.9. The number of benzene rings is 1. The van der Waals surface area contributed by atoms with Crippen molar-refractivity contribution in [1.82, 2.24) is 4.90 Å². The fourth-order valence-corrected chi connectivity index (χ4v) is 2.53. The minimum absolute atomic E-state index is 0.349. The average Bonchev–Trinajstić information content (AvgIpc) is 2.88. The highest BCUT2D eigenvalue weighted by molar-refractivity contribution is 5.90. The Hall–Kier alpha value is -2.07. The third-order valence-electron chi connectivity index (χ3n) is 3.54. The van der Waals surface area contributed by atoms with Gasteiger partial charge in [0.1, 0.15) is 17.1 Å². The number of furan rings is 1. The maximum atomic E-state index is 11.7. The normalized spacial score (nSPS) is 10.9. The highest BCUT2D eigenvalue weighted by atomic mass is 16.5. The van der Waals surface area contributed by atoms with Gasteiger partial charge in [-0.25, -0.2) is 4.79 Å². The molecule has 2 rings (SSSR count). The molecule has 0 atom stereocenters. The number of ether oxygens (including phenoxy) is 1. The lowest BCUT2D eigenvalue weighted by molar-refractivity contribution is 0.0599. The lowest BCUT2D eigenvalue weighted by Crippen LogP contribution is -2.23. The molecule has 2 aromatic rings. The zero-order valence-electron chi connectivity index (χ0n) is 13.5. The molecule has 0 aliphatic carbocycles. The van der Waals surface area contributed by atoms with Gasteiger partial charge >= 0.3 is 5.97 Å². The number of hydrogen-bond donors (Lipinski definition) is 0. The van der Waals surface area contributed by atoms with Crippen LogP contribution in [-0.2, 0) is 17.8 Å². The van der Waals surface area contributed by atoms with Crippen LogP contribution in [0.1, 0.15) is 40.8 Å². The van der Waals surface area contributed by atoms with Crippen LogP contribution in [0.5, 0.6) is 0 Å². The Morgan fingerprint density at radius 3 is 2.59 bits per heavy atom. The molecular weight excluding hydrogens is 278 g/mol. The van der Waals surface area contributed by atoms with E-state index in [1.165, 1.54) is 12.7 Å². The number of aryl methyl sites for hydroxylation is 1. The first-order valence-corrected chi connectivity index (χ1v) is 7.58. The first-order chi connectivity index (χ1) is 10.6. The standard InChI is InChI=1S/C18H23NO3/c1-4-10-19(12-15-8-6-5-7-9-15)13-16-11-17(14(2)22-16)18(20)21-3/h5-9,11H,4,10,12-13H2,1-3H3. The number of rotatable bonds is 7. The van der Waals surface area contributed by atoms with Crippen molar-refractivity contribution in [3.05, 3.63) is 59.0 Å². The largest absolute Gasteiger partial charge is 0.465 e. The van der Waals surface area contributed by atoms with E-state index in [2.05, 4.69) is 24.0 Å². The van der Waals surface area contributed by atoms with Crippen LogP contribution < -0.4 is 0 Å².